The molecule has 0 saturated carbocycles. The number of aliphatic imine (C=N–C) groups is 1. The summed E-state index contributed by atoms with van der Waals surface area (Å²) in [5.41, 5.74) is 8.19. The maximum absolute atomic E-state index is 13.1. The predicted molar refractivity (Wildman–Crippen MR) is 151 cm³/mol. The van der Waals surface area contributed by atoms with Crippen molar-refractivity contribution in [1.82, 2.24) is 4.90 Å². The second kappa shape index (κ2) is 9.42. The lowest BCUT2D eigenvalue weighted by atomic mass is 9.71. The molecule has 1 saturated heterocycles. The lowest BCUT2D eigenvalue weighted by Crippen LogP contribution is -2.35. The summed E-state index contributed by atoms with van der Waals surface area (Å²) in [6.07, 6.45) is 17.9. The zero-order chi connectivity index (χ0) is 26.5. The van der Waals surface area contributed by atoms with E-state index in [4.69, 9.17) is 9.47 Å². The highest BCUT2D eigenvalue weighted by atomic mass is 16.5. The molecule has 5 aliphatic rings. The quantitative estimate of drug-likeness (QED) is 0.546. The first-order valence-corrected chi connectivity index (χ1v) is 13.5. The van der Waals surface area contributed by atoms with Crippen LogP contribution in [-0.4, -0.2) is 49.2 Å². The van der Waals surface area contributed by atoms with Gasteiger partial charge in [-0.2, -0.15) is 0 Å². The Morgan fingerprint density at radius 3 is 2.97 bits per heavy atom. The lowest BCUT2D eigenvalue weighted by Gasteiger charge is -2.34. The monoisotopic (exact) mass is 519 g/mol. The molecule has 7 rings (SSSR count). The van der Waals surface area contributed by atoms with Crippen molar-refractivity contribution in [2.75, 3.05) is 25.6 Å². The Balaban J connectivity index is 1.06. The number of carbonyl (C=O) groups is 2. The van der Waals surface area contributed by atoms with Crippen LogP contribution >= 0.6 is 0 Å². The van der Waals surface area contributed by atoms with Crippen molar-refractivity contribution in [3.63, 3.8) is 0 Å². The summed E-state index contributed by atoms with van der Waals surface area (Å²) in [5.74, 6) is 0.997. The Bertz CT molecular complexity index is 1560. The number of nitrogens with one attached hydrogen (secondary N) is 1. The van der Waals surface area contributed by atoms with Crippen LogP contribution in [0.1, 0.15) is 52.2 Å². The van der Waals surface area contributed by atoms with E-state index in [2.05, 4.69) is 52.8 Å². The smallest absolute Gasteiger partial charge is 0.256 e. The summed E-state index contributed by atoms with van der Waals surface area (Å²) in [6, 6.07) is 7.59. The van der Waals surface area contributed by atoms with Gasteiger partial charge in [0.25, 0.3) is 5.91 Å². The molecule has 1 N–H and O–H groups in total. The zero-order valence-electron chi connectivity index (χ0n) is 21.8. The molecular weight excluding hydrogens is 490 g/mol. The number of rotatable bonds is 6. The van der Waals surface area contributed by atoms with Crippen LogP contribution in [0.15, 0.2) is 70.8 Å². The minimum atomic E-state index is -0.126. The van der Waals surface area contributed by atoms with E-state index in [1.54, 1.807) is 19.2 Å². The van der Waals surface area contributed by atoms with Crippen LogP contribution in [-0.2, 0) is 11.2 Å². The van der Waals surface area contributed by atoms with Crippen molar-refractivity contribution in [3.05, 3.63) is 88.0 Å². The molecule has 1 fully saturated rings. The highest BCUT2D eigenvalue weighted by Gasteiger charge is 2.33. The van der Waals surface area contributed by atoms with Gasteiger partial charge in [-0.1, -0.05) is 42.5 Å². The van der Waals surface area contributed by atoms with E-state index in [-0.39, 0.29) is 36.8 Å². The maximum Gasteiger partial charge on any atom is 0.256 e. The predicted octanol–water partition coefficient (Wildman–Crippen LogP) is 5.51. The molecule has 39 heavy (non-hydrogen) atoms. The van der Waals surface area contributed by atoms with E-state index >= 15 is 0 Å². The molecule has 2 heterocycles. The molecular formula is C32H29N3O4. The van der Waals surface area contributed by atoms with Crippen molar-refractivity contribution in [3.8, 4) is 11.5 Å². The van der Waals surface area contributed by atoms with E-state index in [9.17, 15) is 9.59 Å². The van der Waals surface area contributed by atoms with E-state index in [1.807, 2.05) is 17.2 Å². The van der Waals surface area contributed by atoms with Gasteiger partial charge in [0, 0.05) is 36.0 Å². The van der Waals surface area contributed by atoms with Crippen molar-refractivity contribution < 1.29 is 19.1 Å². The second-order valence-electron chi connectivity index (χ2n) is 10.5. The van der Waals surface area contributed by atoms with E-state index in [1.165, 1.54) is 22.3 Å². The first kappa shape index (κ1) is 23.7. The first-order valence-electron chi connectivity index (χ1n) is 13.5. The fraction of sp³-hybridized carbons (Fsp3) is 0.281. The molecule has 2 atom stereocenters. The van der Waals surface area contributed by atoms with Crippen molar-refractivity contribution in [1.29, 1.82) is 0 Å². The van der Waals surface area contributed by atoms with Gasteiger partial charge in [0.15, 0.2) is 11.5 Å². The number of nitrogens with zero attached hydrogens (tertiary/aromatic N) is 2. The number of carbonyl (C=O) groups excluding carboxylic acids is 2. The summed E-state index contributed by atoms with van der Waals surface area (Å²) in [6.45, 7) is 0.899. The number of anilines is 1. The van der Waals surface area contributed by atoms with Crippen molar-refractivity contribution in [2.45, 2.75) is 37.6 Å². The lowest BCUT2D eigenvalue weighted by molar-refractivity contribution is -0.116. The van der Waals surface area contributed by atoms with Gasteiger partial charge >= 0.3 is 0 Å². The Kier molecular flexibility index (Phi) is 5.72. The topological polar surface area (TPSA) is 80.2 Å². The molecule has 2 amide bonds. The van der Waals surface area contributed by atoms with E-state index in [0.29, 0.717) is 22.7 Å². The van der Waals surface area contributed by atoms with Crippen molar-refractivity contribution >= 4 is 35.5 Å². The number of methoxy groups -OCH3 is 1. The third-order valence-corrected chi connectivity index (χ3v) is 8.23. The second-order valence-corrected chi connectivity index (χ2v) is 10.5. The summed E-state index contributed by atoms with van der Waals surface area (Å²) in [5, 5.41) is 3.10. The summed E-state index contributed by atoms with van der Waals surface area (Å²) < 4.78 is 11.5. The fourth-order valence-corrected chi connectivity index (χ4v) is 6.31. The van der Waals surface area contributed by atoms with Crippen LogP contribution in [0, 0.1) is 0 Å². The Hall–Kier alpha value is -4.39. The number of hydrogen-bond acceptors (Lipinski definition) is 5. The van der Waals surface area contributed by atoms with Crippen LogP contribution in [0.5, 0.6) is 11.5 Å². The normalized spacial score (nSPS) is 21.4. The van der Waals surface area contributed by atoms with Gasteiger partial charge in [-0.3, -0.25) is 14.6 Å². The largest absolute Gasteiger partial charge is 0.493 e. The SMILES string of the molecule is COc1cc2c(cc1OCCC(=O)Nc1ccc3c4c1C=CC1=CC=CC(=CC3)C14)N=CC1CCCN1C2=O. The minimum Gasteiger partial charge on any atom is -0.493 e. The molecule has 0 bridgehead atoms. The molecule has 3 aliphatic carbocycles. The minimum absolute atomic E-state index is 0.0347. The van der Waals surface area contributed by atoms with Crippen LogP contribution in [0.4, 0.5) is 11.4 Å². The highest BCUT2D eigenvalue weighted by Crippen LogP contribution is 2.47. The fourth-order valence-electron chi connectivity index (χ4n) is 6.31. The van der Waals surface area contributed by atoms with Gasteiger partial charge in [0.05, 0.1) is 37.4 Å². The number of ether oxygens (including phenoxy) is 2. The van der Waals surface area contributed by atoms with Crippen molar-refractivity contribution in [2.24, 2.45) is 4.99 Å². The molecule has 2 aromatic carbocycles. The van der Waals surface area contributed by atoms with E-state index < -0.39 is 0 Å². The number of hydrogen-bond donors (Lipinski definition) is 1. The number of fused-ring (bicyclic) bond motifs is 2. The maximum atomic E-state index is 13.1. The van der Waals surface area contributed by atoms with Crippen LogP contribution < -0.4 is 14.8 Å². The van der Waals surface area contributed by atoms with Gasteiger partial charge in [-0.05, 0) is 53.7 Å². The Labute approximate surface area is 227 Å². The molecule has 2 aromatic rings. The third kappa shape index (κ3) is 4.00. The van der Waals surface area contributed by atoms with Gasteiger partial charge in [-0.25, -0.2) is 0 Å². The third-order valence-electron chi connectivity index (χ3n) is 8.23. The molecule has 2 unspecified atom stereocenters. The molecule has 7 nitrogen and oxygen atoms in total. The van der Waals surface area contributed by atoms with Crippen LogP contribution in [0.3, 0.4) is 0 Å². The Morgan fingerprint density at radius 1 is 1.15 bits per heavy atom. The Morgan fingerprint density at radius 2 is 2.08 bits per heavy atom. The average Bonchev–Trinajstić information content (AvgIpc) is 3.39. The molecule has 0 spiro atoms. The summed E-state index contributed by atoms with van der Waals surface area (Å²) in [4.78, 5) is 32.5. The van der Waals surface area contributed by atoms with Gasteiger partial charge < -0.3 is 19.7 Å². The van der Waals surface area contributed by atoms with Gasteiger partial charge in [0.1, 0.15) is 0 Å². The molecule has 0 radical (unpaired) electrons. The number of amides is 2. The zero-order valence-corrected chi connectivity index (χ0v) is 21.8. The summed E-state index contributed by atoms with van der Waals surface area (Å²) in [7, 11) is 1.54. The number of allylic oxidation sites excluding steroid dienone is 7. The van der Waals surface area contributed by atoms with Crippen LogP contribution in [0.2, 0.25) is 0 Å². The molecule has 7 heteroatoms. The highest BCUT2D eigenvalue weighted by molar-refractivity contribution is 6.03. The standard InChI is InChI=1S/C32H29N3O4/c1-38-27-16-24-26(33-18-22-6-3-14-35(22)32(24)37)17-28(27)39-15-13-29(36)34-25-12-10-21-8-7-19-4-2-5-20-9-11-23(25)31(21)30(19)20/h2,4-5,7,9-12,16-18,22,30H,3,6,8,13-15H2,1H3,(H,34,36). The molecule has 0 aromatic heterocycles. The first-order chi connectivity index (χ1) is 19.1. The average molecular weight is 520 g/mol. The summed E-state index contributed by atoms with van der Waals surface area (Å²) >= 11 is 0. The molecule has 196 valence electrons. The van der Waals surface area contributed by atoms with Gasteiger partial charge in [0.2, 0.25) is 5.91 Å². The van der Waals surface area contributed by atoms with E-state index in [0.717, 1.165) is 37.1 Å². The molecule has 2 aliphatic heterocycles. The van der Waals surface area contributed by atoms with Crippen LogP contribution in [0.25, 0.3) is 6.08 Å². The number of benzene rings is 2. The van der Waals surface area contributed by atoms with Gasteiger partial charge in [-0.15, -0.1) is 0 Å².